The summed E-state index contributed by atoms with van der Waals surface area (Å²) < 4.78 is 4.67. The quantitative estimate of drug-likeness (QED) is 0.803. The molecule has 1 fully saturated rings. The summed E-state index contributed by atoms with van der Waals surface area (Å²) in [4.78, 5) is 29.5. The molecule has 1 aromatic carbocycles. The first-order valence-corrected chi connectivity index (χ1v) is 7.45. The Bertz CT molecular complexity index is 545. The van der Waals surface area contributed by atoms with Crippen molar-refractivity contribution in [3.8, 4) is 0 Å². The highest BCUT2D eigenvalue weighted by Crippen LogP contribution is 2.27. The average Bonchev–Trinajstić information content (AvgIpc) is 2.45. The summed E-state index contributed by atoms with van der Waals surface area (Å²) in [7, 11) is 1.35. The number of nitrogens with zero attached hydrogens (tertiary/aromatic N) is 1. The Morgan fingerprint density at radius 3 is 2.36 bits per heavy atom. The SMILES string of the molecule is COC(=O)c1ccc(C2CCN(OC(C)(C)C)CC2=O)cc1. The van der Waals surface area contributed by atoms with Gasteiger partial charge in [-0.1, -0.05) is 12.1 Å². The molecule has 1 saturated heterocycles. The lowest BCUT2D eigenvalue weighted by molar-refractivity contribution is -0.232. The predicted octanol–water partition coefficient (Wildman–Crippen LogP) is 2.56. The minimum absolute atomic E-state index is 0.133. The van der Waals surface area contributed by atoms with Crippen LogP contribution in [0.3, 0.4) is 0 Å². The monoisotopic (exact) mass is 305 g/mol. The highest BCUT2D eigenvalue weighted by molar-refractivity contribution is 5.90. The van der Waals surface area contributed by atoms with Crippen LogP contribution in [0.25, 0.3) is 0 Å². The third kappa shape index (κ3) is 4.15. The fourth-order valence-electron chi connectivity index (χ4n) is 2.58. The van der Waals surface area contributed by atoms with Crippen LogP contribution in [-0.4, -0.2) is 42.6 Å². The molecule has 0 saturated carbocycles. The van der Waals surface area contributed by atoms with Crippen molar-refractivity contribution < 1.29 is 19.2 Å². The van der Waals surface area contributed by atoms with E-state index in [9.17, 15) is 9.59 Å². The zero-order chi connectivity index (χ0) is 16.3. The van der Waals surface area contributed by atoms with Gasteiger partial charge < -0.3 is 4.74 Å². The number of piperidine rings is 1. The summed E-state index contributed by atoms with van der Waals surface area (Å²) in [5.74, 6) is -0.362. The molecule has 0 N–H and O–H groups in total. The highest BCUT2D eigenvalue weighted by atomic mass is 16.7. The number of rotatable bonds is 3. The fourth-order valence-corrected chi connectivity index (χ4v) is 2.58. The Kier molecular flexibility index (Phi) is 4.98. The van der Waals surface area contributed by atoms with Crippen LogP contribution in [0, 0.1) is 0 Å². The summed E-state index contributed by atoms with van der Waals surface area (Å²) in [5, 5.41) is 1.74. The summed E-state index contributed by atoms with van der Waals surface area (Å²) in [6.45, 7) is 6.91. The van der Waals surface area contributed by atoms with Crippen LogP contribution in [0.15, 0.2) is 24.3 Å². The lowest BCUT2D eigenvalue weighted by Crippen LogP contribution is -2.43. The maximum absolute atomic E-state index is 12.4. The van der Waals surface area contributed by atoms with Gasteiger partial charge >= 0.3 is 5.97 Å². The molecule has 0 aliphatic carbocycles. The van der Waals surface area contributed by atoms with E-state index in [-0.39, 0.29) is 23.3 Å². The number of ketones is 1. The van der Waals surface area contributed by atoms with Gasteiger partial charge in [0.2, 0.25) is 0 Å². The van der Waals surface area contributed by atoms with E-state index in [1.165, 1.54) is 7.11 Å². The largest absolute Gasteiger partial charge is 0.465 e. The molecular formula is C17H23NO4. The molecule has 1 atom stereocenters. The Hall–Kier alpha value is -1.72. The number of esters is 1. The molecule has 0 radical (unpaired) electrons. The zero-order valence-corrected chi connectivity index (χ0v) is 13.6. The summed E-state index contributed by atoms with van der Waals surface area (Å²) in [5.41, 5.74) is 1.13. The van der Waals surface area contributed by atoms with E-state index in [2.05, 4.69) is 4.74 Å². The van der Waals surface area contributed by atoms with Crippen molar-refractivity contribution in [2.45, 2.75) is 38.7 Å². The van der Waals surface area contributed by atoms with Gasteiger partial charge in [-0.3, -0.25) is 9.63 Å². The zero-order valence-electron chi connectivity index (χ0n) is 13.6. The smallest absolute Gasteiger partial charge is 0.337 e. The first kappa shape index (κ1) is 16.6. The van der Waals surface area contributed by atoms with Gasteiger partial charge in [-0.25, -0.2) is 4.79 Å². The maximum atomic E-state index is 12.4. The van der Waals surface area contributed by atoms with Crippen LogP contribution in [-0.2, 0) is 14.4 Å². The molecule has 0 amide bonds. The van der Waals surface area contributed by atoms with Gasteiger partial charge in [-0.15, -0.1) is 0 Å². The van der Waals surface area contributed by atoms with Gasteiger partial charge in [-0.05, 0) is 44.9 Å². The molecule has 120 valence electrons. The van der Waals surface area contributed by atoms with E-state index in [1.54, 1.807) is 17.2 Å². The second kappa shape index (κ2) is 6.58. The average molecular weight is 305 g/mol. The number of hydroxylamine groups is 2. The molecule has 1 heterocycles. The van der Waals surface area contributed by atoms with Crippen LogP contribution in [0.1, 0.15) is 49.0 Å². The number of hydrogen-bond acceptors (Lipinski definition) is 5. The third-order valence-electron chi connectivity index (χ3n) is 3.53. The van der Waals surface area contributed by atoms with Gasteiger partial charge in [0.05, 0.1) is 24.8 Å². The normalized spacial score (nSPS) is 20.0. The molecule has 1 aliphatic rings. The minimum atomic E-state index is -0.369. The molecule has 0 bridgehead atoms. The van der Waals surface area contributed by atoms with Gasteiger partial charge in [0.15, 0.2) is 5.78 Å². The van der Waals surface area contributed by atoms with Crippen molar-refractivity contribution in [2.75, 3.05) is 20.2 Å². The number of carbonyl (C=O) groups excluding carboxylic acids is 2. The molecule has 5 nitrogen and oxygen atoms in total. The summed E-state index contributed by atoms with van der Waals surface area (Å²) in [6.07, 6.45) is 0.715. The first-order chi connectivity index (χ1) is 10.3. The van der Waals surface area contributed by atoms with E-state index in [1.807, 2.05) is 32.9 Å². The van der Waals surface area contributed by atoms with Crippen LogP contribution in [0.5, 0.6) is 0 Å². The number of benzene rings is 1. The molecule has 1 unspecified atom stereocenters. The molecule has 1 aromatic rings. The predicted molar refractivity (Wildman–Crippen MR) is 82.6 cm³/mol. The lowest BCUT2D eigenvalue weighted by atomic mass is 9.88. The Morgan fingerprint density at radius 1 is 1.23 bits per heavy atom. The van der Waals surface area contributed by atoms with Crippen LogP contribution >= 0.6 is 0 Å². The van der Waals surface area contributed by atoms with Crippen LogP contribution in [0.4, 0.5) is 0 Å². The van der Waals surface area contributed by atoms with E-state index in [0.717, 1.165) is 5.56 Å². The highest BCUT2D eigenvalue weighted by Gasteiger charge is 2.30. The van der Waals surface area contributed by atoms with Gasteiger partial charge in [-0.2, -0.15) is 5.06 Å². The van der Waals surface area contributed by atoms with Crippen LogP contribution < -0.4 is 0 Å². The van der Waals surface area contributed by atoms with Gasteiger partial charge in [0.25, 0.3) is 0 Å². The van der Waals surface area contributed by atoms with Gasteiger partial charge in [0.1, 0.15) is 0 Å². The Labute approximate surface area is 131 Å². The number of methoxy groups -OCH3 is 1. The number of hydrogen-bond donors (Lipinski definition) is 0. The molecular weight excluding hydrogens is 282 g/mol. The Morgan fingerprint density at radius 2 is 1.86 bits per heavy atom. The van der Waals surface area contributed by atoms with Crippen molar-refractivity contribution in [2.24, 2.45) is 0 Å². The lowest BCUT2D eigenvalue weighted by Gasteiger charge is -2.34. The van der Waals surface area contributed by atoms with E-state index in [0.29, 0.717) is 25.1 Å². The van der Waals surface area contributed by atoms with E-state index >= 15 is 0 Å². The van der Waals surface area contributed by atoms with Crippen molar-refractivity contribution in [1.82, 2.24) is 5.06 Å². The maximum Gasteiger partial charge on any atom is 0.337 e. The van der Waals surface area contributed by atoms with Crippen LogP contribution in [0.2, 0.25) is 0 Å². The molecule has 5 heteroatoms. The van der Waals surface area contributed by atoms with E-state index < -0.39 is 0 Å². The van der Waals surface area contributed by atoms with Crippen molar-refractivity contribution >= 4 is 11.8 Å². The van der Waals surface area contributed by atoms with E-state index in [4.69, 9.17) is 4.84 Å². The number of ether oxygens (including phenoxy) is 1. The minimum Gasteiger partial charge on any atom is -0.465 e. The second-order valence-electron chi connectivity index (χ2n) is 6.49. The number of carbonyl (C=O) groups is 2. The second-order valence-corrected chi connectivity index (χ2v) is 6.49. The molecule has 2 rings (SSSR count). The van der Waals surface area contributed by atoms with Gasteiger partial charge in [0, 0.05) is 12.5 Å². The molecule has 0 aromatic heterocycles. The standard InChI is InChI=1S/C17H23NO4/c1-17(2,3)22-18-10-9-14(15(19)11-18)12-5-7-13(8-6-12)16(20)21-4/h5-8,14H,9-11H2,1-4H3. The topological polar surface area (TPSA) is 55.8 Å². The first-order valence-electron chi connectivity index (χ1n) is 7.45. The summed E-state index contributed by atoms with van der Waals surface area (Å²) >= 11 is 0. The molecule has 0 spiro atoms. The Balaban J connectivity index is 2.03. The fraction of sp³-hybridized carbons (Fsp3) is 0.529. The molecule has 1 aliphatic heterocycles. The van der Waals surface area contributed by atoms with Crippen molar-refractivity contribution in [1.29, 1.82) is 0 Å². The van der Waals surface area contributed by atoms with Crippen molar-refractivity contribution in [3.05, 3.63) is 35.4 Å². The summed E-state index contributed by atoms with van der Waals surface area (Å²) in [6, 6.07) is 7.06. The third-order valence-corrected chi connectivity index (χ3v) is 3.53. The van der Waals surface area contributed by atoms with Crippen molar-refractivity contribution in [3.63, 3.8) is 0 Å². The molecule has 22 heavy (non-hydrogen) atoms. The number of Topliss-reactive ketones (excluding diaryl/α,β-unsaturated/α-hetero) is 1.